The van der Waals surface area contributed by atoms with Gasteiger partial charge in [0, 0.05) is 6.20 Å². The van der Waals surface area contributed by atoms with Crippen LogP contribution in [0.25, 0.3) is 5.57 Å². The molecule has 4 N–H and O–H groups in total. The second kappa shape index (κ2) is 7.92. The molecule has 0 radical (unpaired) electrons. The molecule has 2 aromatic heterocycles. The number of aromatic amines is 2. The van der Waals surface area contributed by atoms with Gasteiger partial charge in [-0.2, -0.15) is 0 Å². The van der Waals surface area contributed by atoms with Crippen molar-refractivity contribution in [2.24, 2.45) is 5.92 Å². The van der Waals surface area contributed by atoms with Crippen molar-refractivity contribution in [3.8, 4) is 0 Å². The number of allylic oxidation sites excluding steroid dienone is 4. The van der Waals surface area contributed by atoms with Crippen LogP contribution in [-0.4, -0.2) is 55.0 Å². The van der Waals surface area contributed by atoms with Gasteiger partial charge >= 0.3 is 5.97 Å². The number of carboxylic acids is 1. The molecule has 5 rings (SSSR count). The minimum Gasteiger partial charge on any atom is -0.476 e. The number of piperidine rings is 1. The first kappa shape index (κ1) is 19.4. The zero-order chi connectivity index (χ0) is 21.3. The Morgan fingerprint density at radius 2 is 1.90 bits per heavy atom. The summed E-state index contributed by atoms with van der Waals surface area (Å²) in [5.41, 5.74) is 3.71. The summed E-state index contributed by atoms with van der Waals surface area (Å²) in [5, 5.41) is 34.7. The van der Waals surface area contributed by atoms with Gasteiger partial charge in [0.2, 0.25) is 0 Å². The summed E-state index contributed by atoms with van der Waals surface area (Å²) in [4.78, 5) is 11.9. The summed E-state index contributed by atoms with van der Waals surface area (Å²) in [6.07, 6.45) is 8.42. The molecule has 1 unspecified atom stereocenters. The first-order valence-electron chi connectivity index (χ1n) is 10.4. The molecule has 31 heavy (non-hydrogen) atoms. The third-order valence-corrected chi connectivity index (χ3v) is 6.33. The van der Waals surface area contributed by atoms with Crippen molar-refractivity contribution in [3.05, 3.63) is 76.9 Å². The van der Waals surface area contributed by atoms with Crippen LogP contribution in [0.4, 0.5) is 0 Å². The molecule has 158 valence electrons. The smallest absolute Gasteiger partial charge is 0.355 e. The van der Waals surface area contributed by atoms with Gasteiger partial charge in [0.1, 0.15) is 5.69 Å². The number of H-pyrrole nitrogens is 2. The molecule has 9 heteroatoms. The highest BCUT2D eigenvalue weighted by molar-refractivity contribution is 5.88. The summed E-state index contributed by atoms with van der Waals surface area (Å²) >= 11 is 0. The Balaban J connectivity index is 1.69. The average Bonchev–Trinajstić information content (AvgIpc) is 3.53. The molecule has 0 bridgehead atoms. The van der Waals surface area contributed by atoms with E-state index in [4.69, 9.17) is 0 Å². The summed E-state index contributed by atoms with van der Waals surface area (Å²) in [7, 11) is 0. The summed E-state index contributed by atoms with van der Waals surface area (Å²) in [6.45, 7) is 1.92. The van der Waals surface area contributed by atoms with Crippen LogP contribution < -0.4 is 5.32 Å². The van der Waals surface area contributed by atoms with Gasteiger partial charge in [0.15, 0.2) is 5.69 Å². The third kappa shape index (κ3) is 3.36. The third-order valence-electron chi connectivity index (χ3n) is 6.33. The van der Waals surface area contributed by atoms with Crippen LogP contribution in [0.1, 0.15) is 46.7 Å². The molecule has 1 aromatic carbocycles. The van der Waals surface area contributed by atoms with E-state index in [0.29, 0.717) is 23.7 Å². The van der Waals surface area contributed by atoms with Gasteiger partial charge in [-0.15, -0.1) is 10.2 Å². The average molecular weight is 417 g/mol. The van der Waals surface area contributed by atoms with E-state index in [2.05, 4.69) is 54.3 Å². The molecule has 0 saturated carbocycles. The van der Waals surface area contributed by atoms with Gasteiger partial charge in [0.05, 0.1) is 11.1 Å². The van der Waals surface area contributed by atoms with Crippen molar-refractivity contribution >= 4 is 11.5 Å². The van der Waals surface area contributed by atoms with E-state index in [9.17, 15) is 9.90 Å². The lowest BCUT2D eigenvalue weighted by molar-refractivity contribution is 0.0688. The number of aromatic nitrogens is 6. The van der Waals surface area contributed by atoms with Crippen LogP contribution in [0.5, 0.6) is 0 Å². The Hall–Kier alpha value is -3.59. The second-order valence-corrected chi connectivity index (χ2v) is 8.01. The Labute approximate surface area is 178 Å². The lowest BCUT2D eigenvalue weighted by atomic mass is 9.67. The fraction of sp³-hybridized carbons (Fsp3) is 0.318. The predicted molar refractivity (Wildman–Crippen MR) is 113 cm³/mol. The minimum atomic E-state index is -1.10. The standard InChI is InChI=1S/C22H23N7O2/c30-21(31)19-20(27-29-26-19)22(18-13-24-28-25-18)9-6-16(14-4-2-1-3-5-14)17(12-22)15-7-10-23-11-8-15/h1-6,9,13,15,23H,7-8,10-12H2,(H,30,31)(H,24,25,28)(H,26,27,29). The van der Waals surface area contributed by atoms with Gasteiger partial charge in [-0.1, -0.05) is 58.5 Å². The maximum atomic E-state index is 11.9. The Morgan fingerprint density at radius 3 is 2.61 bits per heavy atom. The number of benzene rings is 1. The fourth-order valence-corrected chi connectivity index (χ4v) is 4.79. The van der Waals surface area contributed by atoms with Crippen molar-refractivity contribution < 1.29 is 9.90 Å². The number of rotatable bonds is 5. The first-order chi connectivity index (χ1) is 15.2. The topological polar surface area (TPSA) is 132 Å². The van der Waals surface area contributed by atoms with Crippen LogP contribution in [0.2, 0.25) is 0 Å². The summed E-state index contributed by atoms with van der Waals surface area (Å²) < 4.78 is 0. The molecule has 0 spiro atoms. The minimum absolute atomic E-state index is 0.0273. The fourth-order valence-electron chi connectivity index (χ4n) is 4.79. The lowest BCUT2D eigenvalue weighted by Crippen LogP contribution is -2.35. The van der Waals surface area contributed by atoms with Gasteiger partial charge in [-0.05, 0) is 49.4 Å². The monoisotopic (exact) mass is 417 g/mol. The lowest BCUT2D eigenvalue weighted by Gasteiger charge is -2.37. The van der Waals surface area contributed by atoms with Crippen molar-refractivity contribution in [3.63, 3.8) is 0 Å². The van der Waals surface area contributed by atoms with Crippen LogP contribution in [0, 0.1) is 5.92 Å². The highest BCUT2D eigenvalue weighted by Crippen LogP contribution is 2.47. The van der Waals surface area contributed by atoms with Crippen molar-refractivity contribution in [2.45, 2.75) is 24.7 Å². The van der Waals surface area contributed by atoms with E-state index >= 15 is 0 Å². The molecule has 9 nitrogen and oxygen atoms in total. The van der Waals surface area contributed by atoms with E-state index < -0.39 is 11.4 Å². The summed E-state index contributed by atoms with van der Waals surface area (Å²) in [6, 6.07) is 10.3. The molecule has 3 heterocycles. The van der Waals surface area contributed by atoms with E-state index in [1.807, 2.05) is 24.3 Å². The zero-order valence-electron chi connectivity index (χ0n) is 16.9. The van der Waals surface area contributed by atoms with Crippen LogP contribution in [-0.2, 0) is 5.41 Å². The second-order valence-electron chi connectivity index (χ2n) is 8.01. The van der Waals surface area contributed by atoms with Gasteiger partial charge in [-0.3, -0.25) is 10.2 Å². The molecule has 1 saturated heterocycles. The Morgan fingerprint density at radius 1 is 1.10 bits per heavy atom. The maximum Gasteiger partial charge on any atom is 0.355 e. The van der Waals surface area contributed by atoms with E-state index in [1.165, 1.54) is 11.1 Å². The quantitative estimate of drug-likeness (QED) is 0.501. The molecule has 1 aliphatic carbocycles. The van der Waals surface area contributed by atoms with Crippen LogP contribution >= 0.6 is 0 Å². The highest BCUT2D eigenvalue weighted by atomic mass is 16.4. The Bertz CT molecular complexity index is 1130. The number of hydrogen-bond donors (Lipinski definition) is 4. The molecule has 1 atom stereocenters. The molecule has 3 aromatic rings. The van der Waals surface area contributed by atoms with Crippen molar-refractivity contribution in [1.29, 1.82) is 0 Å². The SMILES string of the molecule is O=C(O)c1[nH]nnc1C1(c2c[nH]nn2)C=CC(c2ccccc2)=C(C2CCNCC2)C1. The predicted octanol–water partition coefficient (Wildman–Crippen LogP) is 2.32. The normalized spacial score (nSPS) is 22.1. The molecule has 1 aliphatic heterocycles. The first-order valence-corrected chi connectivity index (χ1v) is 10.4. The van der Waals surface area contributed by atoms with E-state index in [1.54, 1.807) is 6.20 Å². The van der Waals surface area contributed by atoms with Crippen LogP contribution in [0.3, 0.4) is 0 Å². The Kier molecular flexibility index (Phi) is 4.95. The zero-order valence-corrected chi connectivity index (χ0v) is 16.9. The number of nitrogens with zero attached hydrogens (tertiary/aromatic N) is 4. The molecule has 2 aliphatic rings. The summed E-state index contributed by atoms with van der Waals surface area (Å²) in [5.74, 6) is -0.717. The number of hydrogen-bond acceptors (Lipinski definition) is 6. The van der Waals surface area contributed by atoms with Crippen LogP contribution in [0.15, 0.2) is 54.3 Å². The number of nitrogens with one attached hydrogen (secondary N) is 3. The molecular formula is C22H23N7O2. The number of aromatic carboxylic acids is 1. The number of carbonyl (C=O) groups is 1. The van der Waals surface area contributed by atoms with Crippen molar-refractivity contribution in [2.75, 3.05) is 13.1 Å². The molecule has 0 amide bonds. The number of carboxylic acid groups (broad SMARTS) is 1. The van der Waals surface area contributed by atoms with Gasteiger partial charge in [0.25, 0.3) is 0 Å². The van der Waals surface area contributed by atoms with Gasteiger partial charge < -0.3 is 10.4 Å². The largest absolute Gasteiger partial charge is 0.476 e. The molecule has 1 fully saturated rings. The highest BCUT2D eigenvalue weighted by Gasteiger charge is 2.44. The van der Waals surface area contributed by atoms with E-state index in [0.717, 1.165) is 31.5 Å². The molecular weight excluding hydrogens is 394 g/mol. The van der Waals surface area contributed by atoms with Crippen molar-refractivity contribution in [1.82, 2.24) is 36.1 Å². The van der Waals surface area contributed by atoms with Gasteiger partial charge in [-0.25, -0.2) is 4.79 Å². The maximum absolute atomic E-state index is 11.9. The van der Waals surface area contributed by atoms with E-state index in [-0.39, 0.29) is 5.69 Å².